The maximum atomic E-state index is 13.6. The molecule has 1 aromatic carbocycles. The van der Waals surface area contributed by atoms with Crippen molar-refractivity contribution in [3.63, 3.8) is 0 Å². The van der Waals surface area contributed by atoms with E-state index in [0.717, 1.165) is 0 Å². The van der Waals surface area contributed by atoms with E-state index < -0.39 is 11.7 Å². The number of nitrogens with one attached hydrogen (secondary N) is 2. The van der Waals surface area contributed by atoms with Gasteiger partial charge in [-0.3, -0.25) is 19.2 Å². The van der Waals surface area contributed by atoms with Crippen LogP contribution in [0, 0.1) is 0 Å². The Labute approximate surface area is 340 Å². The van der Waals surface area contributed by atoms with E-state index in [1.165, 1.54) is 35.4 Å². The van der Waals surface area contributed by atoms with Crippen LogP contribution in [0.4, 0.5) is 0 Å². The van der Waals surface area contributed by atoms with Crippen molar-refractivity contribution >= 4 is 34.4 Å². The maximum absolute atomic E-state index is 13.6. The van der Waals surface area contributed by atoms with Crippen molar-refractivity contribution in [3.05, 3.63) is 66.0 Å². The number of hydrogen-bond acceptors (Lipinski definition) is 16. The summed E-state index contributed by atoms with van der Waals surface area (Å²) in [5.41, 5.74) is 1.07. The molecule has 4 N–H and O–H groups in total. The smallest absolute Gasteiger partial charge is 0.295 e. The molecule has 1 aliphatic rings. The van der Waals surface area contributed by atoms with E-state index in [0.29, 0.717) is 115 Å². The number of methoxy groups -OCH3 is 1. The summed E-state index contributed by atoms with van der Waals surface area (Å²) < 4.78 is 39.4. The number of rotatable bonds is 27. The van der Waals surface area contributed by atoms with Gasteiger partial charge in [-0.25, -0.2) is 20.5 Å². The number of nitrogens with two attached hydrogens (primary N) is 1. The Kier molecular flexibility index (Phi) is 18.6. The van der Waals surface area contributed by atoms with Crippen molar-refractivity contribution in [2.45, 2.75) is 6.61 Å². The molecule has 4 aromatic rings. The van der Waals surface area contributed by atoms with Crippen LogP contribution in [0.2, 0.25) is 0 Å². The highest BCUT2D eigenvalue weighted by atomic mass is 16.6. The van der Waals surface area contributed by atoms with Crippen LogP contribution >= 0.6 is 0 Å². The van der Waals surface area contributed by atoms with Gasteiger partial charge in [0.25, 0.3) is 17.6 Å². The lowest BCUT2D eigenvalue weighted by Crippen LogP contribution is -2.52. The lowest BCUT2D eigenvalue weighted by molar-refractivity contribution is -0.128. The molecule has 59 heavy (non-hydrogen) atoms. The minimum absolute atomic E-state index is 0.0573. The molecule has 1 aliphatic heterocycles. The molecule has 0 bridgehead atoms. The fraction of sp³-hybridized carbons (Fsp3) is 0.500. The van der Waals surface area contributed by atoms with E-state index in [-0.39, 0.29) is 55.3 Å². The molecule has 0 aliphatic carbocycles. The summed E-state index contributed by atoms with van der Waals surface area (Å²) in [5, 5.41) is 7.49. The molecule has 0 radical (unpaired) electrons. The molecule has 1 saturated heterocycles. The van der Waals surface area contributed by atoms with Gasteiger partial charge in [-0.05, 0) is 12.1 Å². The number of aromatic nitrogens is 5. The van der Waals surface area contributed by atoms with E-state index in [1.54, 1.807) is 29.2 Å². The Bertz CT molecular complexity index is 1920. The number of pyridine rings is 1. The zero-order chi connectivity index (χ0) is 41.7. The summed E-state index contributed by atoms with van der Waals surface area (Å²) in [5.74, 6) is 3.88. The quantitative estimate of drug-likeness (QED) is 0.0308. The molecule has 21 nitrogen and oxygen atoms in total. The first-order chi connectivity index (χ1) is 28.9. The number of fused-ring (bicyclic) bond motifs is 1. The second kappa shape index (κ2) is 24.5. The summed E-state index contributed by atoms with van der Waals surface area (Å²) in [7, 11) is 1.44. The van der Waals surface area contributed by atoms with Crippen LogP contribution in [-0.2, 0) is 49.5 Å². The number of carbonyl (C=O) groups is 4. The predicted molar refractivity (Wildman–Crippen MR) is 208 cm³/mol. The zero-order valence-corrected chi connectivity index (χ0v) is 33.0. The molecule has 1 fully saturated rings. The second-order valence-electron chi connectivity index (χ2n) is 12.8. The van der Waals surface area contributed by atoms with Gasteiger partial charge in [-0.1, -0.05) is 18.2 Å². The monoisotopic (exact) mass is 825 g/mol. The summed E-state index contributed by atoms with van der Waals surface area (Å²) in [6, 6.07) is 8.92. The first kappa shape index (κ1) is 44.7. The van der Waals surface area contributed by atoms with E-state index in [1.807, 2.05) is 6.07 Å². The Morgan fingerprint density at radius 1 is 0.780 bits per heavy atom. The molecule has 0 saturated carbocycles. The SMILES string of the molecule is COc1cnc(-n2cnc(COCC(=O)NCCOCCOCCOCCOCCOCCON)n2)c2[nH]cc(C(=O)C(=O)N3CCN(C(=O)c4ccccc4)CC3)c12. The first-order valence-electron chi connectivity index (χ1n) is 19.1. The van der Waals surface area contributed by atoms with Gasteiger partial charge in [0.05, 0.1) is 102 Å². The molecule has 0 spiro atoms. The van der Waals surface area contributed by atoms with Gasteiger partial charge < -0.3 is 58.1 Å². The highest BCUT2D eigenvalue weighted by Gasteiger charge is 2.31. The number of ketones is 1. The maximum Gasteiger partial charge on any atom is 0.295 e. The Morgan fingerprint density at radius 2 is 1.39 bits per heavy atom. The number of ether oxygens (including phenoxy) is 7. The Hall–Kier alpha value is -5.39. The van der Waals surface area contributed by atoms with Crippen LogP contribution in [0.5, 0.6) is 5.75 Å². The normalized spacial score (nSPS) is 12.9. The van der Waals surface area contributed by atoms with E-state index >= 15 is 0 Å². The van der Waals surface area contributed by atoms with Crippen LogP contribution in [0.15, 0.2) is 49.1 Å². The third-order valence-corrected chi connectivity index (χ3v) is 8.81. The summed E-state index contributed by atoms with van der Waals surface area (Å²) in [6.07, 6.45) is 4.28. The summed E-state index contributed by atoms with van der Waals surface area (Å²) in [6.45, 7) is 5.56. The fourth-order valence-corrected chi connectivity index (χ4v) is 5.85. The van der Waals surface area contributed by atoms with Crippen LogP contribution in [-0.4, -0.2) is 177 Å². The summed E-state index contributed by atoms with van der Waals surface area (Å²) in [4.78, 5) is 71.3. The highest BCUT2D eigenvalue weighted by Crippen LogP contribution is 2.32. The molecule has 320 valence electrons. The number of amides is 3. The van der Waals surface area contributed by atoms with Gasteiger partial charge in [0.15, 0.2) is 11.6 Å². The lowest BCUT2D eigenvalue weighted by atomic mass is 10.1. The zero-order valence-electron chi connectivity index (χ0n) is 33.0. The van der Waals surface area contributed by atoms with Crippen molar-refractivity contribution in [3.8, 4) is 11.6 Å². The van der Waals surface area contributed by atoms with Gasteiger partial charge in [-0.15, -0.1) is 5.10 Å². The number of hydrogen-bond donors (Lipinski definition) is 3. The fourth-order valence-electron chi connectivity index (χ4n) is 5.85. The van der Waals surface area contributed by atoms with Crippen molar-refractivity contribution in [1.82, 2.24) is 39.8 Å². The van der Waals surface area contributed by atoms with Gasteiger partial charge in [-0.2, -0.15) is 0 Å². The lowest BCUT2D eigenvalue weighted by Gasteiger charge is -2.34. The number of nitrogens with zero attached hydrogens (tertiary/aromatic N) is 6. The first-order valence-corrected chi connectivity index (χ1v) is 19.1. The number of aromatic amines is 1. The van der Waals surface area contributed by atoms with E-state index in [2.05, 4.69) is 30.2 Å². The molecule has 0 unspecified atom stereocenters. The van der Waals surface area contributed by atoms with Crippen molar-refractivity contribution < 1.29 is 57.2 Å². The van der Waals surface area contributed by atoms with Crippen molar-refractivity contribution in [2.24, 2.45) is 5.90 Å². The number of H-pyrrole nitrogens is 1. The van der Waals surface area contributed by atoms with E-state index in [9.17, 15) is 19.2 Å². The second-order valence-corrected chi connectivity index (χ2v) is 12.8. The summed E-state index contributed by atoms with van der Waals surface area (Å²) >= 11 is 0. The third-order valence-electron chi connectivity index (χ3n) is 8.81. The largest absolute Gasteiger partial charge is 0.494 e. The van der Waals surface area contributed by atoms with Crippen LogP contribution in [0.1, 0.15) is 26.5 Å². The third kappa shape index (κ3) is 13.6. The highest BCUT2D eigenvalue weighted by molar-refractivity contribution is 6.45. The minimum atomic E-state index is -0.730. The van der Waals surface area contributed by atoms with Gasteiger partial charge >= 0.3 is 0 Å². The average molecular weight is 826 g/mol. The molecule has 5 rings (SSSR count). The van der Waals surface area contributed by atoms with Crippen LogP contribution < -0.4 is 16.0 Å². The Morgan fingerprint density at radius 3 is 2.02 bits per heavy atom. The topological polar surface area (TPSA) is 246 Å². The molecular formula is C38H51N9O12. The van der Waals surface area contributed by atoms with Crippen molar-refractivity contribution in [2.75, 3.05) is 119 Å². The molecule has 21 heteroatoms. The molecular weight excluding hydrogens is 774 g/mol. The predicted octanol–water partition coefficient (Wildman–Crippen LogP) is -0.0744. The molecule has 3 amide bonds. The van der Waals surface area contributed by atoms with E-state index in [4.69, 9.17) is 39.1 Å². The average Bonchev–Trinajstić information content (AvgIpc) is 3.94. The van der Waals surface area contributed by atoms with Crippen LogP contribution in [0.25, 0.3) is 16.7 Å². The molecule has 0 atom stereocenters. The number of benzene rings is 1. The van der Waals surface area contributed by atoms with Gasteiger partial charge in [0.1, 0.15) is 25.3 Å². The number of Topliss-reactive ketones (excluding diaryl/α,β-unsaturated/α-hetero) is 1. The van der Waals surface area contributed by atoms with Gasteiger partial charge in [0.2, 0.25) is 5.91 Å². The molecule has 4 heterocycles. The minimum Gasteiger partial charge on any atom is -0.494 e. The molecule has 3 aromatic heterocycles. The van der Waals surface area contributed by atoms with Crippen LogP contribution in [0.3, 0.4) is 0 Å². The number of carbonyl (C=O) groups excluding carboxylic acids is 4. The van der Waals surface area contributed by atoms with Crippen molar-refractivity contribution in [1.29, 1.82) is 0 Å². The Balaban J connectivity index is 0.975. The standard InChI is InChI=1S/C38H51N9O12/c1-52-30-24-42-36(34-33(30)29(23-41-34)35(49)38(51)46-10-8-45(9-11-46)37(50)28-5-3-2-4-6-28)47-27-43-31(44-47)25-58-26-32(48)40-7-12-53-13-14-54-15-16-55-17-18-56-19-20-57-21-22-59-39/h2-6,23-24,27,41H,7-22,25-26,39H2,1H3,(H,40,48). The van der Waals surface area contributed by atoms with Gasteiger partial charge in [0, 0.05) is 44.5 Å². The number of piperazine rings is 1.